The van der Waals surface area contributed by atoms with Crippen molar-refractivity contribution >= 4 is 12.0 Å². The smallest absolute Gasteiger partial charge is 0.264 e. The number of nitriles is 2. The Morgan fingerprint density at radius 1 is 1.03 bits per heavy atom. The van der Waals surface area contributed by atoms with Gasteiger partial charge in [0.25, 0.3) is 5.91 Å². The minimum Gasteiger partial charge on any atom is -0.496 e. The third-order valence-electron chi connectivity index (χ3n) is 5.35. The van der Waals surface area contributed by atoms with Crippen LogP contribution in [0.4, 0.5) is 0 Å². The van der Waals surface area contributed by atoms with Crippen LogP contribution in [0.25, 0.3) is 17.2 Å². The third kappa shape index (κ3) is 4.87. The molecule has 0 aliphatic carbocycles. The molecule has 4 rings (SSSR count). The Morgan fingerprint density at radius 2 is 1.76 bits per heavy atom. The number of hydrogen-bond donors (Lipinski definition) is 0. The summed E-state index contributed by atoms with van der Waals surface area (Å²) >= 11 is 0. The first-order valence-corrected chi connectivity index (χ1v) is 10.4. The van der Waals surface area contributed by atoms with Crippen LogP contribution in [0.1, 0.15) is 11.1 Å². The van der Waals surface area contributed by atoms with E-state index in [0.29, 0.717) is 30.2 Å². The predicted octanol–water partition coefficient (Wildman–Crippen LogP) is 4.43. The summed E-state index contributed by atoms with van der Waals surface area (Å²) in [4.78, 5) is 14.3. The zero-order valence-corrected chi connectivity index (χ0v) is 18.1. The van der Waals surface area contributed by atoms with Crippen molar-refractivity contribution in [1.82, 2.24) is 4.90 Å². The highest BCUT2D eigenvalue weighted by Gasteiger charge is 2.34. The number of hydrogen-bond acceptors (Lipinski definition) is 5. The van der Waals surface area contributed by atoms with Crippen LogP contribution in [0.3, 0.4) is 0 Å². The number of ether oxygens (including phenoxy) is 2. The Bertz CT molecular complexity index is 1280. The molecule has 0 spiro atoms. The molecule has 1 fully saturated rings. The fourth-order valence-electron chi connectivity index (χ4n) is 3.67. The molecule has 0 N–H and O–H groups in total. The topological polar surface area (TPSA) is 86.3 Å². The average Bonchev–Trinajstić information content (AvgIpc) is 2.84. The van der Waals surface area contributed by atoms with Gasteiger partial charge < -0.3 is 14.4 Å². The molecule has 0 saturated carbocycles. The van der Waals surface area contributed by atoms with Crippen molar-refractivity contribution in [3.05, 3.63) is 89.5 Å². The number of amides is 1. The minimum absolute atomic E-state index is 0.0876. The van der Waals surface area contributed by atoms with Gasteiger partial charge in [-0.25, -0.2) is 0 Å². The zero-order valence-electron chi connectivity index (χ0n) is 18.1. The summed E-state index contributed by atoms with van der Waals surface area (Å²) in [5.74, 6) is 0.933. The van der Waals surface area contributed by atoms with Crippen LogP contribution in [0.15, 0.2) is 78.4 Å². The molecule has 1 aliphatic rings. The van der Waals surface area contributed by atoms with Gasteiger partial charge in [0.1, 0.15) is 29.2 Å². The molecule has 0 radical (unpaired) electrons. The molecular weight excluding hydrogens is 414 g/mol. The zero-order chi connectivity index (χ0) is 23.2. The molecule has 1 heterocycles. The van der Waals surface area contributed by atoms with E-state index in [9.17, 15) is 15.3 Å². The lowest BCUT2D eigenvalue weighted by Gasteiger charge is -2.38. The van der Waals surface area contributed by atoms with Crippen LogP contribution >= 0.6 is 0 Å². The Labute approximate surface area is 192 Å². The standard InChI is InChI=1S/C27H21N3O3/c1-32-26-10-6-5-9-25(26)21-12-20(15-28)13-23(14-21)33-24-17-30(18-24)27(31)22(16-29)11-19-7-3-2-4-8-19/h2-14,24H,17-18H2,1H3/b22-11+. The Kier molecular flexibility index (Phi) is 6.38. The lowest BCUT2D eigenvalue weighted by atomic mass is 10.0. The summed E-state index contributed by atoms with van der Waals surface area (Å²) in [6.07, 6.45) is 1.37. The lowest BCUT2D eigenvalue weighted by molar-refractivity contribution is -0.135. The second kappa shape index (κ2) is 9.72. The molecule has 33 heavy (non-hydrogen) atoms. The summed E-state index contributed by atoms with van der Waals surface area (Å²) in [5, 5.41) is 18.9. The summed E-state index contributed by atoms with van der Waals surface area (Å²) < 4.78 is 11.5. The van der Waals surface area contributed by atoms with Crippen molar-refractivity contribution in [3.63, 3.8) is 0 Å². The molecule has 6 nitrogen and oxygen atoms in total. The number of rotatable bonds is 6. The van der Waals surface area contributed by atoms with E-state index in [-0.39, 0.29) is 17.6 Å². The van der Waals surface area contributed by atoms with Crippen LogP contribution in [0, 0.1) is 22.7 Å². The van der Waals surface area contributed by atoms with Gasteiger partial charge in [0.15, 0.2) is 0 Å². The van der Waals surface area contributed by atoms with Crippen molar-refractivity contribution < 1.29 is 14.3 Å². The second-order valence-corrected chi connectivity index (χ2v) is 7.59. The van der Waals surface area contributed by atoms with Crippen molar-refractivity contribution in [2.45, 2.75) is 6.10 Å². The normalized spacial score (nSPS) is 13.4. The van der Waals surface area contributed by atoms with Gasteiger partial charge in [0.2, 0.25) is 0 Å². The third-order valence-corrected chi connectivity index (χ3v) is 5.35. The quantitative estimate of drug-likeness (QED) is 0.422. The van der Waals surface area contributed by atoms with Crippen LogP contribution < -0.4 is 9.47 Å². The molecular formula is C27H21N3O3. The van der Waals surface area contributed by atoms with E-state index in [2.05, 4.69) is 6.07 Å². The minimum atomic E-state index is -0.318. The molecule has 162 valence electrons. The van der Waals surface area contributed by atoms with Gasteiger partial charge >= 0.3 is 0 Å². The highest BCUT2D eigenvalue weighted by atomic mass is 16.5. The van der Waals surface area contributed by atoms with E-state index < -0.39 is 0 Å². The first-order chi connectivity index (χ1) is 16.1. The van der Waals surface area contributed by atoms with Crippen molar-refractivity contribution in [1.29, 1.82) is 10.5 Å². The SMILES string of the molecule is COc1ccccc1-c1cc(C#N)cc(OC2CN(C(=O)/C(C#N)=C/c3ccccc3)C2)c1. The molecule has 1 saturated heterocycles. The highest BCUT2D eigenvalue weighted by Crippen LogP contribution is 2.33. The van der Waals surface area contributed by atoms with Gasteiger partial charge in [0, 0.05) is 5.56 Å². The van der Waals surface area contributed by atoms with Gasteiger partial charge in [-0.1, -0.05) is 48.5 Å². The molecule has 1 amide bonds. The van der Waals surface area contributed by atoms with Crippen molar-refractivity contribution in [3.8, 4) is 34.8 Å². The summed E-state index contributed by atoms with van der Waals surface area (Å²) in [6, 6.07) is 26.3. The maximum Gasteiger partial charge on any atom is 0.264 e. The maximum atomic E-state index is 12.7. The summed E-state index contributed by atoms with van der Waals surface area (Å²) in [6.45, 7) is 0.737. The molecule has 6 heteroatoms. The molecule has 0 atom stereocenters. The number of methoxy groups -OCH3 is 1. The Balaban J connectivity index is 1.46. The number of carbonyl (C=O) groups excluding carboxylic acids is 1. The largest absolute Gasteiger partial charge is 0.496 e. The number of benzene rings is 3. The van der Waals surface area contributed by atoms with Gasteiger partial charge in [0.05, 0.1) is 31.8 Å². The number of carbonyl (C=O) groups is 1. The van der Waals surface area contributed by atoms with E-state index in [4.69, 9.17) is 9.47 Å². The summed E-state index contributed by atoms with van der Waals surface area (Å²) in [7, 11) is 1.60. The first-order valence-electron chi connectivity index (χ1n) is 10.4. The monoisotopic (exact) mass is 435 g/mol. The lowest BCUT2D eigenvalue weighted by Crippen LogP contribution is -2.56. The van der Waals surface area contributed by atoms with E-state index in [1.807, 2.05) is 66.7 Å². The van der Waals surface area contributed by atoms with Crippen LogP contribution in [0.5, 0.6) is 11.5 Å². The fraction of sp³-hybridized carbons (Fsp3) is 0.148. The number of para-hydroxylation sites is 1. The molecule has 1 aliphatic heterocycles. The Hall–Kier alpha value is -4.55. The maximum absolute atomic E-state index is 12.7. The van der Waals surface area contributed by atoms with Crippen LogP contribution in [-0.2, 0) is 4.79 Å². The van der Waals surface area contributed by atoms with Crippen LogP contribution in [0.2, 0.25) is 0 Å². The van der Waals surface area contributed by atoms with E-state index in [0.717, 1.165) is 16.7 Å². The van der Waals surface area contributed by atoms with Gasteiger partial charge in [-0.2, -0.15) is 10.5 Å². The molecule has 3 aromatic rings. The van der Waals surface area contributed by atoms with E-state index in [1.54, 1.807) is 30.2 Å². The van der Waals surface area contributed by atoms with Crippen molar-refractivity contribution in [2.24, 2.45) is 0 Å². The van der Waals surface area contributed by atoms with Crippen molar-refractivity contribution in [2.75, 3.05) is 20.2 Å². The van der Waals surface area contributed by atoms with E-state index in [1.165, 1.54) is 0 Å². The van der Waals surface area contributed by atoms with Crippen LogP contribution in [-0.4, -0.2) is 37.1 Å². The molecule has 3 aromatic carbocycles. The second-order valence-electron chi connectivity index (χ2n) is 7.59. The van der Waals surface area contributed by atoms with Gasteiger partial charge in [-0.3, -0.25) is 4.79 Å². The van der Waals surface area contributed by atoms with E-state index >= 15 is 0 Å². The predicted molar refractivity (Wildman–Crippen MR) is 124 cm³/mol. The van der Waals surface area contributed by atoms with Gasteiger partial charge in [-0.05, 0) is 41.5 Å². The Morgan fingerprint density at radius 3 is 2.45 bits per heavy atom. The average molecular weight is 435 g/mol. The molecule has 0 aromatic heterocycles. The highest BCUT2D eigenvalue weighted by molar-refractivity contribution is 6.02. The number of nitrogens with zero attached hydrogens (tertiary/aromatic N) is 3. The van der Waals surface area contributed by atoms with Gasteiger partial charge in [-0.15, -0.1) is 0 Å². The molecule has 0 unspecified atom stereocenters. The first kappa shape index (κ1) is 21.7. The number of likely N-dealkylation sites (tertiary alicyclic amines) is 1. The summed E-state index contributed by atoms with van der Waals surface area (Å²) in [5.41, 5.74) is 3.03. The fourth-order valence-corrected chi connectivity index (χ4v) is 3.67. The molecule has 0 bridgehead atoms.